The highest BCUT2D eigenvalue weighted by Gasteiger charge is 2.05. The average Bonchev–Trinajstić information content (AvgIpc) is 2.80. The molecule has 96 valence electrons. The fourth-order valence-electron chi connectivity index (χ4n) is 1.91. The van der Waals surface area contributed by atoms with E-state index in [1.165, 1.54) is 21.2 Å². The second-order valence-corrected chi connectivity index (χ2v) is 6.35. The van der Waals surface area contributed by atoms with Crippen molar-refractivity contribution in [3.63, 3.8) is 0 Å². The van der Waals surface area contributed by atoms with Crippen molar-refractivity contribution in [2.45, 2.75) is 32.9 Å². The fraction of sp³-hybridized carbons (Fsp3) is 0.333. The molecule has 0 bridgehead atoms. The van der Waals surface area contributed by atoms with Crippen LogP contribution < -0.4 is 5.32 Å². The Morgan fingerprint density at radius 3 is 2.83 bits per heavy atom. The summed E-state index contributed by atoms with van der Waals surface area (Å²) in [6, 6.07) is 9.20. The molecule has 1 aromatic carbocycles. The smallest absolute Gasteiger partial charge is 0.0222 e. The molecule has 1 heterocycles. The minimum atomic E-state index is 0.493. The Kier molecular flexibility index (Phi) is 4.98. The van der Waals surface area contributed by atoms with Gasteiger partial charge in [0.05, 0.1) is 0 Å². The minimum absolute atomic E-state index is 0.493. The van der Waals surface area contributed by atoms with Gasteiger partial charge in [-0.2, -0.15) is 11.3 Å². The van der Waals surface area contributed by atoms with Gasteiger partial charge in [0.1, 0.15) is 0 Å². The minimum Gasteiger partial charge on any atom is -0.310 e. The molecule has 1 atom stereocenters. The molecule has 0 aliphatic heterocycles. The van der Waals surface area contributed by atoms with Crippen LogP contribution in [-0.4, -0.2) is 6.04 Å². The van der Waals surface area contributed by atoms with Crippen molar-refractivity contribution >= 4 is 27.3 Å². The third-order valence-electron chi connectivity index (χ3n) is 2.97. The first-order chi connectivity index (χ1) is 8.65. The average molecular weight is 324 g/mol. The first-order valence-electron chi connectivity index (χ1n) is 6.14. The van der Waals surface area contributed by atoms with Crippen LogP contribution in [0.1, 0.15) is 23.6 Å². The first-order valence-corrected chi connectivity index (χ1v) is 7.88. The second-order valence-electron chi connectivity index (χ2n) is 4.71. The largest absolute Gasteiger partial charge is 0.310 e. The van der Waals surface area contributed by atoms with E-state index in [1.807, 2.05) is 0 Å². The van der Waals surface area contributed by atoms with Crippen molar-refractivity contribution in [2.24, 2.45) is 0 Å². The van der Waals surface area contributed by atoms with Crippen molar-refractivity contribution in [2.75, 3.05) is 0 Å². The van der Waals surface area contributed by atoms with Gasteiger partial charge in [-0.1, -0.05) is 28.1 Å². The lowest BCUT2D eigenvalue weighted by Crippen LogP contribution is -2.27. The van der Waals surface area contributed by atoms with E-state index in [-0.39, 0.29) is 0 Å². The van der Waals surface area contributed by atoms with Crippen molar-refractivity contribution in [3.05, 3.63) is 56.2 Å². The van der Waals surface area contributed by atoms with Gasteiger partial charge in [-0.25, -0.2) is 0 Å². The summed E-state index contributed by atoms with van der Waals surface area (Å²) in [6.45, 7) is 5.26. The van der Waals surface area contributed by atoms with Crippen LogP contribution in [0.4, 0.5) is 0 Å². The molecule has 1 aromatic heterocycles. The number of nitrogens with one attached hydrogen (secondary N) is 1. The lowest BCUT2D eigenvalue weighted by Gasteiger charge is -2.14. The Bertz CT molecular complexity index is 493. The van der Waals surface area contributed by atoms with Gasteiger partial charge in [0.25, 0.3) is 0 Å². The van der Waals surface area contributed by atoms with E-state index in [2.05, 4.69) is 70.1 Å². The number of thiophene rings is 1. The molecule has 0 spiro atoms. The second kappa shape index (κ2) is 6.50. The van der Waals surface area contributed by atoms with E-state index < -0.39 is 0 Å². The maximum Gasteiger partial charge on any atom is 0.0222 e. The van der Waals surface area contributed by atoms with E-state index >= 15 is 0 Å². The quantitative estimate of drug-likeness (QED) is 0.851. The van der Waals surface area contributed by atoms with Gasteiger partial charge < -0.3 is 5.32 Å². The van der Waals surface area contributed by atoms with Crippen LogP contribution in [0.25, 0.3) is 0 Å². The number of rotatable bonds is 5. The standard InChI is InChI=1S/C15H18BrNS/c1-11-3-4-14(15(16)7-11)9-17-12(2)8-13-5-6-18-10-13/h3-7,10,12,17H,8-9H2,1-2H3. The molecule has 1 N–H and O–H groups in total. The zero-order valence-electron chi connectivity index (χ0n) is 10.7. The molecule has 2 rings (SSSR count). The topological polar surface area (TPSA) is 12.0 Å². The van der Waals surface area contributed by atoms with Crippen LogP contribution in [0.2, 0.25) is 0 Å². The highest BCUT2D eigenvalue weighted by Crippen LogP contribution is 2.18. The summed E-state index contributed by atoms with van der Waals surface area (Å²) in [7, 11) is 0. The van der Waals surface area contributed by atoms with E-state index in [9.17, 15) is 0 Å². The monoisotopic (exact) mass is 323 g/mol. The highest BCUT2D eigenvalue weighted by atomic mass is 79.9. The van der Waals surface area contributed by atoms with E-state index in [4.69, 9.17) is 0 Å². The Balaban J connectivity index is 1.87. The van der Waals surface area contributed by atoms with Crippen LogP contribution in [0.5, 0.6) is 0 Å². The maximum atomic E-state index is 3.62. The lowest BCUT2D eigenvalue weighted by atomic mass is 10.1. The summed E-state index contributed by atoms with van der Waals surface area (Å²) in [5.41, 5.74) is 4.03. The van der Waals surface area contributed by atoms with Crippen LogP contribution >= 0.6 is 27.3 Å². The molecule has 0 saturated carbocycles. The summed E-state index contributed by atoms with van der Waals surface area (Å²) in [5, 5.41) is 7.93. The molecule has 0 radical (unpaired) electrons. The zero-order valence-corrected chi connectivity index (χ0v) is 13.1. The van der Waals surface area contributed by atoms with Gasteiger partial charge >= 0.3 is 0 Å². The van der Waals surface area contributed by atoms with Crippen LogP contribution in [0.15, 0.2) is 39.5 Å². The summed E-state index contributed by atoms with van der Waals surface area (Å²) >= 11 is 5.38. The Morgan fingerprint density at radius 1 is 1.33 bits per heavy atom. The number of hydrogen-bond donors (Lipinski definition) is 1. The summed E-state index contributed by atoms with van der Waals surface area (Å²) in [4.78, 5) is 0. The molecular weight excluding hydrogens is 306 g/mol. The molecule has 18 heavy (non-hydrogen) atoms. The molecule has 0 saturated heterocycles. The summed E-state index contributed by atoms with van der Waals surface area (Å²) in [6.07, 6.45) is 1.09. The molecule has 0 fully saturated rings. The predicted molar refractivity (Wildman–Crippen MR) is 83.2 cm³/mol. The fourth-order valence-corrected chi connectivity index (χ4v) is 3.23. The zero-order chi connectivity index (χ0) is 13.0. The van der Waals surface area contributed by atoms with Gasteiger partial charge in [-0.05, 0) is 59.9 Å². The third-order valence-corrected chi connectivity index (χ3v) is 4.44. The van der Waals surface area contributed by atoms with Gasteiger partial charge in [0.15, 0.2) is 0 Å². The maximum absolute atomic E-state index is 3.62. The SMILES string of the molecule is Cc1ccc(CNC(C)Cc2ccsc2)c(Br)c1. The highest BCUT2D eigenvalue weighted by molar-refractivity contribution is 9.10. The normalized spacial score (nSPS) is 12.6. The van der Waals surface area contributed by atoms with Crippen molar-refractivity contribution in [1.82, 2.24) is 5.32 Å². The number of benzene rings is 1. The van der Waals surface area contributed by atoms with Crippen molar-refractivity contribution in [1.29, 1.82) is 0 Å². The molecule has 2 aromatic rings. The number of halogens is 1. The van der Waals surface area contributed by atoms with Gasteiger partial charge in [-0.15, -0.1) is 0 Å². The van der Waals surface area contributed by atoms with E-state index in [0.717, 1.165) is 13.0 Å². The van der Waals surface area contributed by atoms with Gasteiger partial charge in [-0.3, -0.25) is 0 Å². The van der Waals surface area contributed by atoms with Crippen LogP contribution in [0.3, 0.4) is 0 Å². The van der Waals surface area contributed by atoms with E-state index in [1.54, 1.807) is 11.3 Å². The Hall–Kier alpha value is -0.640. The third kappa shape index (κ3) is 3.94. The molecular formula is C15H18BrNS. The first kappa shape index (κ1) is 13.8. The van der Waals surface area contributed by atoms with Crippen molar-refractivity contribution < 1.29 is 0 Å². The molecule has 0 aliphatic carbocycles. The number of hydrogen-bond acceptors (Lipinski definition) is 2. The number of aryl methyl sites for hydroxylation is 1. The Labute approximate surface area is 121 Å². The van der Waals surface area contributed by atoms with E-state index in [0.29, 0.717) is 6.04 Å². The van der Waals surface area contributed by atoms with Gasteiger partial charge in [0.2, 0.25) is 0 Å². The predicted octanol–water partition coefficient (Wildman–Crippen LogP) is 4.54. The van der Waals surface area contributed by atoms with Gasteiger partial charge in [0, 0.05) is 17.1 Å². The molecule has 1 nitrogen and oxygen atoms in total. The van der Waals surface area contributed by atoms with Crippen molar-refractivity contribution in [3.8, 4) is 0 Å². The molecule has 3 heteroatoms. The molecule has 1 unspecified atom stereocenters. The summed E-state index contributed by atoms with van der Waals surface area (Å²) < 4.78 is 1.19. The molecule has 0 amide bonds. The summed E-state index contributed by atoms with van der Waals surface area (Å²) in [5.74, 6) is 0. The lowest BCUT2D eigenvalue weighted by molar-refractivity contribution is 0.545. The Morgan fingerprint density at radius 2 is 2.17 bits per heavy atom. The molecule has 0 aliphatic rings. The van der Waals surface area contributed by atoms with Crippen LogP contribution in [-0.2, 0) is 13.0 Å². The van der Waals surface area contributed by atoms with Crippen LogP contribution in [0, 0.1) is 6.92 Å².